The lowest BCUT2D eigenvalue weighted by atomic mass is 9.82. The number of ether oxygens (including phenoxy) is 1. The summed E-state index contributed by atoms with van der Waals surface area (Å²) in [7, 11) is 1.33. The monoisotopic (exact) mass is 417 g/mol. The lowest BCUT2D eigenvalue weighted by Gasteiger charge is -2.42. The van der Waals surface area contributed by atoms with E-state index in [-0.39, 0.29) is 17.2 Å². The number of pyridine rings is 2. The minimum absolute atomic E-state index is 0.0468. The molecule has 2 bridgehead atoms. The smallest absolute Gasteiger partial charge is 0.358 e. The van der Waals surface area contributed by atoms with Crippen LogP contribution in [-0.2, 0) is 17.8 Å². The van der Waals surface area contributed by atoms with Crippen LogP contribution in [0.15, 0.2) is 53.7 Å². The zero-order valence-electron chi connectivity index (χ0n) is 17.3. The molecular weight excluding hydrogens is 394 g/mol. The number of carbonyl (C=O) groups excluding carboxylic acids is 1. The summed E-state index contributed by atoms with van der Waals surface area (Å²) in [6, 6.07) is 9.56. The number of fused-ring (bicyclic) bond motifs is 4. The Kier molecular flexibility index (Phi) is 5.07. The maximum Gasteiger partial charge on any atom is 0.358 e. The van der Waals surface area contributed by atoms with Crippen molar-refractivity contribution in [2.75, 3.05) is 20.2 Å². The number of piperidine rings is 1. The number of carbonyl (C=O) groups is 1. The predicted molar refractivity (Wildman–Crippen MR) is 113 cm³/mol. The van der Waals surface area contributed by atoms with E-state index in [0.717, 1.165) is 48.7 Å². The van der Waals surface area contributed by atoms with Gasteiger partial charge in [-0.05, 0) is 30.5 Å². The lowest BCUT2D eigenvalue weighted by molar-refractivity contribution is 0.0593. The van der Waals surface area contributed by atoms with Crippen LogP contribution in [0.5, 0.6) is 0 Å². The summed E-state index contributed by atoms with van der Waals surface area (Å²) in [5, 5.41) is 0. The first-order valence-corrected chi connectivity index (χ1v) is 10.4. The molecule has 3 aromatic rings. The Bertz CT molecular complexity index is 1160. The molecule has 2 atom stereocenters. The minimum atomic E-state index is -0.489. The molecule has 1 fully saturated rings. The third-order valence-electron chi connectivity index (χ3n) is 6.08. The molecule has 158 valence electrons. The largest absolute Gasteiger partial charge is 0.464 e. The molecule has 8 heteroatoms. The number of methoxy groups -OCH3 is 1. The molecule has 5 rings (SSSR count). The first kappa shape index (κ1) is 19.6. The second kappa shape index (κ2) is 8.03. The highest BCUT2D eigenvalue weighted by molar-refractivity contribution is 5.86. The minimum Gasteiger partial charge on any atom is -0.464 e. The summed E-state index contributed by atoms with van der Waals surface area (Å²) in [6.07, 6.45) is 5.92. The van der Waals surface area contributed by atoms with Crippen molar-refractivity contribution in [3.05, 3.63) is 76.4 Å². The van der Waals surface area contributed by atoms with E-state index in [0.29, 0.717) is 12.5 Å². The van der Waals surface area contributed by atoms with Gasteiger partial charge in [-0.3, -0.25) is 19.7 Å². The van der Waals surface area contributed by atoms with Gasteiger partial charge >= 0.3 is 5.97 Å². The van der Waals surface area contributed by atoms with Crippen LogP contribution in [0.25, 0.3) is 11.3 Å². The standard InChI is InChI=1S/C23H23N5O3/c1-31-23(30)20-10-25-18(9-26-20)14-27-11-15-6-17(13-27)21-7-16(8-22(29)28(21)12-15)19-4-2-3-5-24-19/h2-5,7-10,15,17H,6,11-14H2,1H3/t15-,17+/m0/s1. The number of hydrogen-bond acceptors (Lipinski definition) is 7. The predicted octanol–water partition coefficient (Wildman–Crippen LogP) is 2.11. The third-order valence-corrected chi connectivity index (χ3v) is 6.08. The Morgan fingerprint density at radius 2 is 2.03 bits per heavy atom. The fourth-order valence-electron chi connectivity index (χ4n) is 4.74. The molecular formula is C23H23N5O3. The van der Waals surface area contributed by atoms with Crippen LogP contribution < -0.4 is 5.56 Å². The molecule has 0 aliphatic carbocycles. The highest BCUT2D eigenvalue weighted by Gasteiger charge is 2.35. The quantitative estimate of drug-likeness (QED) is 0.601. The van der Waals surface area contributed by atoms with Crippen LogP contribution in [0.3, 0.4) is 0 Å². The summed E-state index contributed by atoms with van der Waals surface area (Å²) < 4.78 is 6.61. The maximum absolute atomic E-state index is 12.8. The molecule has 0 unspecified atom stereocenters. The number of nitrogens with zero attached hydrogens (tertiary/aromatic N) is 5. The molecule has 5 heterocycles. The number of hydrogen-bond donors (Lipinski definition) is 0. The fourth-order valence-corrected chi connectivity index (χ4v) is 4.74. The van der Waals surface area contributed by atoms with E-state index >= 15 is 0 Å². The van der Waals surface area contributed by atoms with Crippen molar-refractivity contribution in [3.63, 3.8) is 0 Å². The van der Waals surface area contributed by atoms with E-state index in [4.69, 9.17) is 0 Å². The van der Waals surface area contributed by atoms with E-state index in [9.17, 15) is 9.59 Å². The van der Waals surface area contributed by atoms with Crippen LogP contribution in [0.4, 0.5) is 0 Å². The molecule has 0 aromatic carbocycles. The molecule has 0 radical (unpaired) electrons. The Morgan fingerprint density at radius 1 is 1.13 bits per heavy atom. The van der Waals surface area contributed by atoms with Gasteiger partial charge in [0.2, 0.25) is 0 Å². The van der Waals surface area contributed by atoms with Gasteiger partial charge in [-0.1, -0.05) is 6.07 Å². The number of likely N-dealkylation sites (tertiary alicyclic amines) is 1. The first-order valence-electron chi connectivity index (χ1n) is 10.4. The number of esters is 1. The van der Waals surface area contributed by atoms with E-state index in [1.165, 1.54) is 13.3 Å². The van der Waals surface area contributed by atoms with Crippen molar-refractivity contribution in [1.82, 2.24) is 24.4 Å². The highest BCUT2D eigenvalue weighted by atomic mass is 16.5. The lowest BCUT2D eigenvalue weighted by Crippen LogP contribution is -2.46. The molecule has 8 nitrogen and oxygen atoms in total. The van der Waals surface area contributed by atoms with E-state index in [2.05, 4.69) is 30.7 Å². The van der Waals surface area contributed by atoms with Crippen LogP contribution in [0, 0.1) is 5.92 Å². The van der Waals surface area contributed by atoms with E-state index in [1.807, 2.05) is 22.8 Å². The zero-order chi connectivity index (χ0) is 21.4. The van der Waals surface area contributed by atoms with Gasteiger partial charge in [-0.2, -0.15) is 0 Å². The molecule has 2 aliphatic rings. The Morgan fingerprint density at radius 3 is 2.77 bits per heavy atom. The van der Waals surface area contributed by atoms with Crippen molar-refractivity contribution in [1.29, 1.82) is 0 Å². The van der Waals surface area contributed by atoms with Gasteiger partial charge in [0.05, 0.1) is 30.9 Å². The fraction of sp³-hybridized carbons (Fsp3) is 0.348. The molecule has 2 aliphatic heterocycles. The van der Waals surface area contributed by atoms with Gasteiger partial charge in [-0.25, -0.2) is 9.78 Å². The van der Waals surface area contributed by atoms with E-state index in [1.54, 1.807) is 18.5 Å². The molecule has 0 amide bonds. The second-order valence-electron chi connectivity index (χ2n) is 8.21. The number of aromatic nitrogens is 4. The van der Waals surface area contributed by atoms with Gasteiger partial charge in [0.25, 0.3) is 5.56 Å². The number of rotatable bonds is 4. The van der Waals surface area contributed by atoms with Gasteiger partial charge in [0, 0.05) is 55.6 Å². The summed E-state index contributed by atoms with van der Waals surface area (Å²) in [5.74, 6) is 0.218. The average Bonchev–Trinajstić information content (AvgIpc) is 2.80. The summed E-state index contributed by atoms with van der Waals surface area (Å²) in [4.78, 5) is 39.7. The molecule has 3 aromatic heterocycles. The summed E-state index contributed by atoms with van der Waals surface area (Å²) in [6.45, 7) is 3.15. The second-order valence-corrected chi connectivity index (χ2v) is 8.21. The first-order chi connectivity index (χ1) is 15.1. The normalized spacial score (nSPS) is 20.2. The van der Waals surface area contributed by atoms with Crippen LogP contribution >= 0.6 is 0 Å². The topological polar surface area (TPSA) is 90.2 Å². The molecule has 0 N–H and O–H groups in total. The Hall–Kier alpha value is -3.39. The highest BCUT2D eigenvalue weighted by Crippen LogP contribution is 2.36. The van der Waals surface area contributed by atoms with Crippen molar-refractivity contribution in [3.8, 4) is 11.3 Å². The summed E-state index contributed by atoms with van der Waals surface area (Å²) >= 11 is 0. The third kappa shape index (κ3) is 3.86. The van der Waals surface area contributed by atoms with E-state index < -0.39 is 5.97 Å². The van der Waals surface area contributed by atoms with Crippen molar-refractivity contribution in [2.45, 2.75) is 25.4 Å². The van der Waals surface area contributed by atoms with Crippen molar-refractivity contribution < 1.29 is 9.53 Å². The zero-order valence-corrected chi connectivity index (χ0v) is 17.3. The van der Waals surface area contributed by atoms with Gasteiger partial charge in [-0.15, -0.1) is 0 Å². The van der Waals surface area contributed by atoms with Crippen LogP contribution in [-0.4, -0.2) is 50.6 Å². The molecule has 0 spiro atoms. The van der Waals surface area contributed by atoms with Crippen LogP contribution in [0.1, 0.15) is 34.2 Å². The summed E-state index contributed by atoms with van der Waals surface area (Å²) in [5.41, 5.74) is 3.84. The molecule has 0 saturated carbocycles. The van der Waals surface area contributed by atoms with Crippen molar-refractivity contribution in [2.24, 2.45) is 5.92 Å². The van der Waals surface area contributed by atoms with Gasteiger partial charge in [0.15, 0.2) is 5.69 Å². The molecule has 31 heavy (non-hydrogen) atoms. The van der Waals surface area contributed by atoms with Crippen molar-refractivity contribution >= 4 is 5.97 Å². The molecule has 1 saturated heterocycles. The van der Waals surface area contributed by atoms with Gasteiger partial charge < -0.3 is 9.30 Å². The average molecular weight is 417 g/mol. The van der Waals surface area contributed by atoms with Gasteiger partial charge in [0.1, 0.15) is 0 Å². The Labute approximate surface area is 179 Å². The Balaban J connectivity index is 1.38. The maximum atomic E-state index is 12.8. The SMILES string of the molecule is COC(=O)c1cnc(CN2C[C@@H]3C[C@H](C2)c2cc(-c4ccccn4)cc(=O)n2C3)cn1. The van der Waals surface area contributed by atoms with Crippen LogP contribution in [0.2, 0.25) is 0 Å².